The first-order valence-corrected chi connectivity index (χ1v) is 9.47. The van der Waals surface area contributed by atoms with Crippen molar-refractivity contribution in [1.82, 2.24) is 0 Å². The van der Waals surface area contributed by atoms with E-state index in [0.29, 0.717) is 0 Å². The molecule has 26 heavy (non-hydrogen) atoms. The number of hydrogen-bond donors (Lipinski definition) is 0. The van der Waals surface area contributed by atoms with E-state index >= 15 is 0 Å². The molecular weight excluding hydrogens is 324 g/mol. The summed E-state index contributed by atoms with van der Waals surface area (Å²) in [7, 11) is 0. The minimum absolute atomic E-state index is 0.180. The quantitative estimate of drug-likeness (QED) is 0.846. The van der Waals surface area contributed by atoms with Gasteiger partial charge in [0.15, 0.2) is 11.8 Å². The van der Waals surface area contributed by atoms with Crippen LogP contribution in [0.2, 0.25) is 0 Å². The van der Waals surface area contributed by atoms with Crippen molar-refractivity contribution in [3.05, 3.63) is 70.8 Å². The molecule has 2 aromatic carbocycles. The van der Waals surface area contributed by atoms with Crippen molar-refractivity contribution < 1.29 is 9.47 Å². The first-order chi connectivity index (χ1) is 12.8. The second kappa shape index (κ2) is 5.44. The van der Waals surface area contributed by atoms with Gasteiger partial charge in [-0.2, -0.15) is 0 Å². The van der Waals surface area contributed by atoms with E-state index in [1.807, 2.05) is 0 Å². The van der Waals surface area contributed by atoms with Crippen LogP contribution in [0.1, 0.15) is 47.2 Å². The summed E-state index contributed by atoms with van der Waals surface area (Å²) >= 11 is 0. The minimum atomic E-state index is 0.180. The van der Waals surface area contributed by atoms with Gasteiger partial charge in [0.1, 0.15) is 24.3 Å². The van der Waals surface area contributed by atoms with E-state index in [4.69, 9.17) is 19.5 Å². The molecule has 0 unspecified atom stereocenters. The maximum Gasteiger partial charge on any atom is 0.184 e. The average molecular weight is 344 g/mol. The molecule has 6 rings (SSSR count). The van der Waals surface area contributed by atoms with E-state index in [-0.39, 0.29) is 24.3 Å². The molecule has 0 spiro atoms. The SMILES string of the molecule is c1ccc2c(c1)C[C@H]1OC(CCC3=N[C@H]4c5ccccc5C[C@H]4O3)=N[C@@H]21. The van der Waals surface area contributed by atoms with Crippen molar-refractivity contribution in [1.29, 1.82) is 0 Å². The molecule has 0 bridgehead atoms. The van der Waals surface area contributed by atoms with Gasteiger partial charge in [0, 0.05) is 25.7 Å². The lowest BCUT2D eigenvalue weighted by molar-refractivity contribution is 0.195. The molecule has 0 saturated carbocycles. The topological polar surface area (TPSA) is 43.2 Å². The Balaban J connectivity index is 1.15. The van der Waals surface area contributed by atoms with Gasteiger partial charge < -0.3 is 9.47 Å². The third kappa shape index (κ3) is 2.14. The van der Waals surface area contributed by atoms with E-state index in [1.54, 1.807) is 0 Å². The van der Waals surface area contributed by atoms with Crippen molar-refractivity contribution >= 4 is 11.8 Å². The van der Waals surface area contributed by atoms with Gasteiger partial charge in [-0.1, -0.05) is 48.5 Å². The van der Waals surface area contributed by atoms with Gasteiger partial charge in [0.05, 0.1) is 0 Å². The molecule has 4 aliphatic rings. The number of nitrogens with zero attached hydrogens (tertiary/aromatic N) is 2. The molecule has 0 fully saturated rings. The Morgan fingerprint density at radius 1 is 0.692 bits per heavy atom. The summed E-state index contributed by atoms with van der Waals surface area (Å²) in [6.07, 6.45) is 3.84. The number of fused-ring (bicyclic) bond motifs is 6. The largest absolute Gasteiger partial charge is 0.475 e. The molecule has 0 amide bonds. The van der Waals surface area contributed by atoms with Crippen molar-refractivity contribution in [2.45, 2.75) is 50.0 Å². The van der Waals surface area contributed by atoms with Gasteiger partial charge >= 0.3 is 0 Å². The van der Waals surface area contributed by atoms with Crippen LogP contribution in [-0.4, -0.2) is 24.0 Å². The molecule has 2 aromatic rings. The molecule has 0 N–H and O–H groups in total. The maximum atomic E-state index is 6.12. The normalized spacial score (nSPS) is 29.8. The van der Waals surface area contributed by atoms with E-state index in [2.05, 4.69) is 48.5 Å². The summed E-state index contributed by atoms with van der Waals surface area (Å²) in [5, 5.41) is 0. The molecular formula is C22H20N2O2. The summed E-state index contributed by atoms with van der Waals surface area (Å²) < 4.78 is 12.2. The highest BCUT2D eigenvalue weighted by Crippen LogP contribution is 2.42. The van der Waals surface area contributed by atoms with Crippen LogP contribution in [0.4, 0.5) is 0 Å². The predicted molar refractivity (Wildman–Crippen MR) is 99.6 cm³/mol. The Morgan fingerprint density at radius 3 is 1.65 bits per heavy atom. The maximum absolute atomic E-state index is 6.12. The van der Waals surface area contributed by atoms with Gasteiger partial charge in [0.25, 0.3) is 0 Å². The lowest BCUT2D eigenvalue weighted by atomic mass is 10.1. The summed E-state index contributed by atoms with van der Waals surface area (Å²) in [6.45, 7) is 0. The summed E-state index contributed by atoms with van der Waals surface area (Å²) in [4.78, 5) is 9.69. The average Bonchev–Trinajstić information content (AvgIpc) is 3.38. The summed E-state index contributed by atoms with van der Waals surface area (Å²) in [5.74, 6) is 1.72. The zero-order chi connectivity index (χ0) is 17.1. The fraction of sp³-hybridized carbons (Fsp3) is 0.364. The van der Waals surface area contributed by atoms with Gasteiger partial charge in [-0.25, -0.2) is 9.98 Å². The van der Waals surface area contributed by atoms with E-state index < -0.39 is 0 Å². The van der Waals surface area contributed by atoms with Crippen molar-refractivity contribution in [2.24, 2.45) is 9.98 Å². The minimum Gasteiger partial charge on any atom is -0.475 e. The molecule has 4 nitrogen and oxygen atoms in total. The monoisotopic (exact) mass is 344 g/mol. The second-order valence-corrected chi connectivity index (χ2v) is 7.55. The third-order valence-electron chi connectivity index (χ3n) is 5.99. The van der Waals surface area contributed by atoms with Gasteiger partial charge in [-0.05, 0) is 22.3 Å². The van der Waals surface area contributed by atoms with E-state index in [9.17, 15) is 0 Å². The fourth-order valence-electron chi connectivity index (χ4n) is 4.77. The van der Waals surface area contributed by atoms with Crippen LogP contribution in [0.25, 0.3) is 0 Å². The fourth-order valence-corrected chi connectivity index (χ4v) is 4.77. The molecule has 4 heteroatoms. The molecule has 2 aliphatic carbocycles. The van der Waals surface area contributed by atoms with Crippen molar-refractivity contribution in [3.8, 4) is 0 Å². The highest BCUT2D eigenvalue weighted by molar-refractivity contribution is 5.86. The molecule has 4 atom stereocenters. The molecule has 0 saturated heterocycles. The predicted octanol–water partition coefficient (Wildman–Crippen LogP) is 3.96. The number of benzene rings is 2. The zero-order valence-corrected chi connectivity index (χ0v) is 14.5. The number of aliphatic imine (C=N–C) groups is 2. The van der Waals surface area contributed by atoms with Crippen LogP contribution in [0.15, 0.2) is 58.5 Å². The molecule has 2 heterocycles. The highest BCUT2D eigenvalue weighted by Gasteiger charge is 2.41. The Kier molecular flexibility index (Phi) is 3.04. The number of ether oxygens (including phenoxy) is 2. The van der Waals surface area contributed by atoms with Crippen LogP contribution in [0.3, 0.4) is 0 Å². The van der Waals surface area contributed by atoms with E-state index in [1.165, 1.54) is 22.3 Å². The molecule has 0 aromatic heterocycles. The second-order valence-electron chi connectivity index (χ2n) is 7.55. The van der Waals surface area contributed by atoms with Gasteiger partial charge in [0.2, 0.25) is 0 Å². The van der Waals surface area contributed by atoms with Gasteiger partial charge in [-0.15, -0.1) is 0 Å². The van der Waals surface area contributed by atoms with Crippen LogP contribution >= 0.6 is 0 Å². The van der Waals surface area contributed by atoms with Crippen LogP contribution < -0.4 is 0 Å². The molecule has 130 valence electrons. The number of rotatable bonds is 3. The zero-order valence-electron chi connectivity index (χ0n) is 14.5. The van der Waals surface area contributed by atoms with Crippen LogP contribution in [-0.2, 0) is 22.3 Å². The lowest BCUT2D eigenvalue weighted by Crippen LogP contribution is -2.15. The Hall–Kier alpha value is -2.62. The van der Waals surface area contributed by atoms with Crippen LogP contribution in [0.5, 0.6) is 0 Å². The molecule has 0 radical (unpaired) electrons. The standard InChI is InChI=1S/C22H20N2O2/c1-3-7-15-13(5-1)11-17-21(15)23-19(25-17)9-10-20-24-22-16-8-4-2-6-14(16)12-18(22)26-20/h1-8,17-18,21-22H,9-12H2/t17-,18-,21+,22+/m1/s1. The Bertz CT molecular complexity index is 871. The lowest BCUT2D eigenvalue weighted by Gasteiger charge is -2.10. The smallest absolute Gasteiger partial charge is 0.184 e. The van der Waals surface area contributed by atoms with Gasteiger partial charge in [-0.3, -0.25) is 0 Å². The first kappa shape index (κ1) is 14.5. The summed E-state index contributed by atoms with van der Waals surface area (Å²) in [5.41, 5.74) is 5.40. The molecule has 2 aliphatic heterocycles. The number of hydrogen-bond acceptors (Lipinski definition) is 4. The first-order valence-electron chi connectivity index (χ1n) is 9.47. The van der Waals surface area contributed by atoms with E-state index in [0.717, 1.165) is 37.5 Å². The Morgan fingerprint density at radius 2 is 1.15 bits per heavy atom. The van der Waals surface area contributed by atoms with Crippen molar-refractivity contribution in [2.75, 3.05) is 0 Å². The Labute approximate surface area is 152 Å². The highest BCUT2D eigenvalue weighted by atomic mass is 16.5. The van der Waals surface area contributed by atoms with Crippen molar-refractivity contribution in [3.63, 3.8) is 0 Å². The third-order valence-corrected chi connectivity index (χ3v) is 5.99. The van der Waals surface area contributed by atoms with Crippen LogP contribution in [0, 0.1) is 0 Å². The summed E-state index contributed by atoms with van der Waals surface area (Å²) in [6, 6.07) is 17.5.